The van der Waals surface area contributed by atoms with Crippen molar-refractivity contribution in [3.05, 3.63) is 54.0 Å². The zero-order valence-corrected chi connectivity index (χ0v) is 12.2. The highest BCUT2D eigenvalue weighted by Crippen LogP contribution is 2.30. The van der Waals surface area contributed by atoms with Crippen molar-refractivity contribution in [2.45, 2.75) is 18.9 Å². The molecule has 2 N–H and O–H groups in total. The van der Waals surface area contributed by atoms with Crippen molar-refractivity contribution in [2.24, 2.45) is 5.92 Å². The third-order valence-electron chi connectivity index (χ3n) is 3.68. The number of hydrogen-bond acceptors (Lipinski definition) is 4. The van der Waals surface area contributed by atoms with Crippen molar-refractivity contribution in [3.8, 4) is 5.75 Å². The quantitative estimate of drug-likeness (QED) is 0.824. The number of carbonyl (C=O) groups excluding carboxylic acids is 1. The van der Waals surface area contributed by atoms with Crippen molar-refractivity contribution in [2.75, 3.05) is 13.2 Å². The highest BCUT2D eigenvalue weighted by atomic mass is 16.5. The van der Waals surface area contributed by atoms with Gasteiger partial charge in [-0.25, -0.2) is 0 Å². The van der Waals surface area contributed by atoms with Crippen LogP contribution in [0.3, 0.4) is 0 Å². The summed E-state index contributed by atoms with van der Waals surface area (Å²) in [6.45, 7) is 0.413. The molecule has 1 fully saturated rings. The SMILES string of the molecule is O=C(NC(CO)c1ccco1)c1ccccc1OCC1CC1. The van der Waals surface area contributed by atoms with Gasteiger partial charge in [0.05, 0.1) is 25.0 Å². The van der Waals surface area contributed by atoms with Crippen LogP contribution in [0.1, 0.15) is 35.0 Å². The molecule has 0 radical (unpaired) electrons. The van der Waals surface area contributed by atoms with Crippen LogP contribution in [0.4, 0.5) is 0 Å². The molecule has 1 saturated carbocycles. The number of aliphatic hydroxyl groups is 1. The van der Waals surface area contributed by atoms with Gasteiger partial charge >= 0.3 is 0 Å². The fraction of sp³-hybridized carbons (Fsp3) is 0.353. The van der Waals surface area contributed by atoms with Crippen LogP contribution in [0.25, 0.3) is 0 Å². The monoisotopic (exact) mass is 301 g/mol. The molecule has 5 nitrogen and oxygen atoms in total. The van der Waals surface area contributed by atoms with E-state index in [9.17, 15) is 9.90 Å². The topological polar surface area (TPSA) is 71.7 Å². The van der Waals surface area contributed by atoms with E-state index in [0.29, 0.717) is 29.6 Å². The van der Waals surface area contributed by atoms with E-state index in [2.05, 4.69) is 5.32 Å². The van der Waals surface area contributed by atoms with E-state index in [0.717, 1.165) is 0 Å². The number of nitrogens with one attached hydrogen (secondary N) is 1. The summed E-state index contributed by atoms with van der Waals surface area (Å²) in [4.78, 5) is 12.4. The standard InChI is InChI=1S/C17H19NO4/c19-10-14(16-6-3-9-21-16)18-17(20)13-4-1-2-5-15(13)22-11-12-7-8-12/h1-6,9,12,14,19H,7-8,10-11H2,(H,18,20). The first-order chi connectivity index (χ1) is 10.8. The van der Waals surface area contributed by atoms with Crippen LogP contribution < -0.4 is 10.1 Å². The average molecular weight is 301 g/mol. The fourth-order valence-corrected chi connectivity index (χ4v) is 2.20. The summed E-state index contributed by atoms with van der Waals surface area (Å²) in [6, 6.07) is 10.0. The number of benzene rings is 1. The van der Waals surface area contributed by atoms with Gasteiger partial charge in [0, 0.05) is 0 Å². The van der Waals surface area contributed by atoms with Gasteiger partial charge in [-0.2, -0.15) is 0 Å². The first-order valence-corrected chi connectivity index (χ1v) is 7.45. The smallest absolute Gasteiger partial charge is 0.255 e. The van der Waals surface area contributed by atoms with Crippen molar-refractivity contribution in [1.29, 1.82) is 0 Å². The maximum Gasteiger partial charge on any atom is 0.255 e. The minimum absolute atomic E-state index is 0.232. The molecule has 1 heterocycles. The molecule has 1 aromatic heterocycles. The Hall–Kier alpha value is -2.27. The Morgan fingerprint density at radius 1 is 1.32 bits per heavy atom. The van der Waals surface area contributed by atoms with E-state index in [4.69, 9.17) is 9.15 Å². The second-order valence-electron chi connectivity index (χ2n) is 5.47. The molecule has 1 unspecified atom stereocenters. The van der Waals surface area contributed by atoms with Crippen LogP contribution in [0.5, 0.6) is 5.75 Å². The van der Waals surface area contributed by atoms with Crippen molar-refractivity contribution in [3.63, 3.8) is 0 Å². The van der Waals surface area contributed by atoms with Crippen molar-refractivity contribution < 1.29 is 19.1 Å². The second-order valence-corrected chi connectivity index (χ2v) is 5.47. The van der Waals surface area contributed by atoms with Gasteiger partial charge in [0.1, 0.15) is 17.6 Å². The molecule has 3 rings (SSSR count). The first-order valence-electron chi connectivity index (χ1n) is 7.45. The van der Waals surface area contributed by atoms with Gasteiger partial charge in [0.2, 0.25) is 0 Å². The number of aliphatic hydroxyl groups excluding tert-OH is 1. The zero-order chi connectivity index (χ0) is 15.4. The summed E-state index contributed by atoms with van der Waals surface area (Å²) in [5.74, 6) is 1.42. The molecule has 1 aliphatic carbocycles. The van der Waals surface area contributed by atoms with E-state index in [1.165, 1.54) is 19.1 Å². The largest absolute Gasteiger partial charge is 0.492 e. The van der Waals surface area contributed by atoms with Crippen LogP contribution >= 0.6 is 0 Å². The number of hydrogen-bond donors (Lipinski definition) is 2. The van der Waals surface area contributed by atoms with Gasteiger partial charge in [-0.05, 0) is 43.0 Å². The Morgan fingerprint density at radius 3 is 2.82 bits per heavy atom. The van der Waals surface area contributed by atoms with Crippen LogP contribution in [-0.2, 0) is 0 Å². The minimum atomic E-state index is -0.570. The average Bonchev–Trinajstić information content (AvgIpc) is 3.22. The van der Waals surface area contributed by atoms with Crippen LogP contribution in [0, 0.1) is 5.92 Å². The van der Waals surface area contributed by atoms with Gasteiger partial charge in [-0.3, -0.25) is 4.79 Å². The summed E-state index contributed by atoms with van der Waals surface area (Å²) >= 11 is 0. The first kappa shape index (κ1) is 14.7. The van der Waals surface area contributed by atoms with Gasteiger partial charge in [-0.15, -0.1) is 0 Å². The molecule has 5 heteroatoms. The fourth-order valence-electron chi connectivity index (χ4n) is 2.20. The number of amides is 1. The van der Waals surface area contributed by atoms with Crippen molar-refractivity contribution in [1.82, 2.24) is 5.32 Å². The summed E-state index contributed by atoms with van der Waals surface area (Å²) < 4.78 is 11.0. The molecule has 0 saturated heterocycles. The lowest BCUT2D eigenvalue weighted by molar-refractivity contribution is 0.0903. The van der Waals surface area contributed by atoms with E-state index in [-0.39, 0.29) is 12.5 Å². The van der Waals surface area contributed by atoms with E-state index in [1.807, 2.05) is 6.07 Å². The molecular formula is C17H19NO4. The number of rotatable bonds is 7. The Kier molecular flexibility index (Phi) is 4.44. The van der Waals surface area contributed by atoms with Crippen LogP contribution in [0.2, 0.25) is 0 Å². The van der Waals surface area contributed by atoms with Gasteiger partial charge in [0.15, 0.2) is 0 Å². The molecule has 0 aliphatic heterocycles. The van der Waals surface area contributed by atoms with Crippen LogP contribution in [0.15, 0.2) is 47.1 Å². The lowest BCUT2D eigenvalue weighted by atomic mass is 10.1. The lowest BCUT2D eigenvalue weighted by Gasteiger charge is -2.16. The van der Waals surface area contributed by atoms with Crippen LogP contribution in [-0.4, -0.2) is 24.2 Å². The van der Waals surface area contributed by atoms with E-state index in [1.54, 1.807) is 30.3 Å². The molecule has 1 amide bonds. The normalized spacial score (nSPS) is 15.3. The van der Waals surface area contributed by atoms with Gasteiger partial charge in [0.25, 0.3) is 5.91 Å². The molecule has 22 heavy (non-hydrogen) atoms. The number of carbonyl (C=O) groups is 1. The highest BCUT2D eigenvalue weighted by molar-refractivity contribution is 5.97. The molecule has 1 aromatic carbocycles. The predicted octanol–water partition coefficient (Wildman–Crippen LogP) is 2.53. The van der Waals surface area contributed by atoms with E-state index >= 15 is 0 Å². The predicted molar refractivity (Wildman–Crippen MR) is 80.7 cm³/mol. The van der Waals surface area contributed by atoms with Gasteiger partial charge in [-0.1, -0.05) is 12.1 Å². The summed E-state index contributed by atoms with van der Waals surface area (Å²) in [7, 11) is 0. The molecular weight excluding hydrogens is 282 g/mol. The number of ether oxygens (including phenoxy) is 1. The molecule has 0 bridgehead atoms. The Labute approximate surface area is 128 Å². The Morgan fingerprint density at radius 2 is 2.14 bits per heavy atom. The summed E-state index contributed by atoms with van der Waals surface area (Å²) in [5.41, 5.74) is 0.466. The summed E-state index contributed by atoms with van der Waals surface area (Å²) in [5, 5.41) is 12.2. The lowest BCUT2D eigenvalue weighted by Crippen LogP contribution is -2.30. The minimum Gasteiger partial charge on any atom is -0.492 e. The van der Waals surface area contributed by atoms with Gasteiger partial charge < -0.3 is 19.6 Å². The second kappa shape index (κ2) is 6.66. The third kappa shape index (κ3) is 3.49. The summed E-state index contributed by atoms with van der Waals surface area (Å²) in [6.07, 6.45) is 3.90. The molecule has 1 atom stereocenters. The zero-order valence-electron chi connectivity index (χ0n) is 12.2. The maximum absolute atomic E-state index is 12.4. The van der Waals surface area contributed by atoms with E-state index < -0.39 is 6.04 Å². The maximum atomic E-state index is 12.4. The molecule has 1 aliphatic rings. The molecule has 0 spiro atoms. The number of furan rings is 1. The molecule has 2 aromatic rings. The molecule has 116 valence electrons. The Bertz CT molecular complexity index is 619. The highest BCUT2D eigenvalue weighted by Gasteiger charge is 2.24. The Balaban J connectivity index is 1.70. The number of para-hydroxylation sites is 1. The third-order valence-corrected chi connectivity index (χ3v) is 3.68. The van der Waals surface area contributed by atoms with Crippen molar-refractivity contribution >= 4 is 5.91 Å².